The molecule has 0 aliphatic carbocycles. The number of nitrogens with zero attached hydrogens (tertiary/aromatic N) is 2. The first-order valence-corrected chi connectivity index (χ1v) is 10.2. The van der Waals surface area contributed by atoms with E-state index in [4.69, 9.17) is 0 Å². The van der Waals surface area contributed by atoms with Crippen LogP contribution in [0.3, 0.4) is 0 Å². The Balaban J connectivity index is 1.84. The van der Waals surface area contributed by atoms with Crippen LogP contribution in [-0.4, -0.2) is 24.8 Å². The number of thiazole rings is 1. The Morgan fingerprint density at radius 2 is 1.64 bits per heavy atom. The average molecular weight is 373 g/mol. The molecule has 6 heteroatoms. The van der Waals surface area contributed by atoms with Crippen LogP contribution in [0, 0.1) is 13.8 Å². The predicted molar refractivity (Wildman–Crippen MR) is 102 cm³/mol. The first-order valence-electron chi connectivity index (χ1n) is 7.92. The van der Waals surface area contributed by atoms with Crippen molar-refractivity contribution in [3.05, 3.63) is 70.7 Å². The zero-order valence-electron chi connectivity index (χ0n) is 14.4. The van der Waals surface area contributed by atoms with Crippen molar-refractivity contribution in [3.8, 4) is 10.6 Å². The van der Waals surface area contributed by atoms with Crippen LogP contribution in [0.25, 0.3) is 10.6 Å². The number of rotatable bonds is 5. The van der Waals surface area contributed by atoms with Gasteiger partial charge in [-0.2, -0.15) is 4.31 Å². The van der Waals surface area contributed by atoms with Gasteiger partial charge in [-0.15, -0.1) is 11.3 Å². The summed E-state index contributed by atoms with van der Waals surface area (Å²) in [6.07, 6.45) is 0. The highest BCUT2D eigenvalue weighted by atomic mass is 32.2. The molecule has 0 amide bonds. The predicted octanol–water partition coefficient (Wildman–Crippen LogP) is 4.25. The smallest absolute Gasteiger partial charge is 0.241 e. The molecule has 3 rings (SSSR count). The van der Waals surface area contributed by atoms with Gasteiger partial charge in [0, 0.05) is 24.0 Å². The van der Waals surface area contributed by atoms with E-state index in [2.05, 4.69) is 4.98 Å². The third kappa shape index (κ3) is 3.81. The zero-order chi connectivity index (χ0) is 18.0. The maximum absolute atomic E-state index is 12.7. The van der Waals surface area contributed by atoms with Gasteiger partial charge in [-0.25, -0.2) is 13.4 Å². The fourth-order valence-corrected chi connectivity index (χ4v) is 4.80. The maximum Gasteiger partial charge on any atom is 0.243 e. The molecule has 25 heavy (non-hydrogen) atoms. The van der Waals surface area contributed by atoms with Gasteiger partial charge in [0.1, 0.15) is 5.01 Å². The standard InChI is InChI=1S/C19H20N2O2S2/c1-14-9-11-17(12-10-14)25(22,23)21(3)13-18-15(2)20-19(24-18)16-7-5-4-6-8-16/h4-12H,13H2,1-3H3. The highest BCUT2D eigenvalue weighted by Gasteiger charge is 2.22. The minimum absolute atomic E-state index is 0.311. The van der Waals surface area contributed by atoms with Crippen molar-refractivity contribution >= 4 is 21.4 Å². The summed E-state index contributed by atoms with van der Waals surface area (Å²) < 4.78 is 26.9. The van der Waals surface area contributed by atoms with Crippen molar-refractivity contribution in [1.82, 2.24) is 9.29 Å². The van der Waals surface area contributed by atoms with E-state index in [0.29, 0.717) is 11.4 Å². The Morgan fingerprint density at radius 1 is 1.00 bits per heavy atom. The van der Waals surface area contributed by atoms with Crippen LogP contribution in [0.1, 0.15) is 16.1 Å². The third-order valence-electron chi connectivity index (χ3n) is 4.01. The fourth-order valence-electron chi connectivity index (χ4n) is 2.46. The molecule has 0 atom stereocenters. The number of aryl methyl sites for hydroxylation is 2. The van der Waals surface area contributed by atoms with Crippen LogP contribution >= 0.6 is 11.3 Å². The van der Waals surface area contributed by atoms with Crippen molar-refractivity contribution in [3.63, 3.8) is 0 Å². The van der Waals surface area contributed by atoms with Crippen LogP contribution in [-0.2, 0) is 16.6 Å². The molecule has 4 nitrogen and oxygen atoms in total. The minimum atomic E-state index is -3.51. The Bertz CT molecular complexity index is 962. The summed E-state index contributed by atoms with van der Waals surface area (Å²) in [5, 5.41) is 0.911. The van der Waals surface area contributed by atoms with Gasteiger partial charge in [0.05, 0.1) is 10.6 Å². The second-order valence-corrected chi connectivity index (χ2v) is 9.10. The van der Waals surface area contributed by atoms with Gasteiger partial charge < -0.3 is 0 Å². The molecule has 0 spiro atoms. The van der Waals surface area contributed by atoms with Crippen LogP contribution in [0.5, 0.6) is 0 Å². The van der Waals surface area contributed by atoms with E-state index in [1.54, 1.807) is 19.2 Å². The highest BCUT2D eigenvalue weighted by molar-refractivity contribution is 7.89. The molecule has 0 aliphatic heterocycles. The monoisotopic (exact) mass is 372 g/mol. The Labute approximate surface area is 152 Å². The van der Waals surface area contributed by atoms with Gasteiger partial charge in [0.15, 0.2) is 0 Å². The topological polar surface area (TPSA) is 50.3 Å². The molecule has 0 bridgehead atoms. The lowest BCUT2D eigenvalue weighted by molar-refractivity contribution is 0.468. The Kier molecular flexibility index (Phi) is 5.03. The summed E-state index contributed by atoms with van der Waals surface area (Å²) in [4.78, 5) is 5.86. The molecule has 130 valence electrons. The first-order chi connectivity index (χ1) is 11.9. The van der Waals surface area contributed by atoms with Gasteiger partial charge in [0.25, 0.3) is 0 Å². The second-order valence-electron chi connectivity index (χ2n) is 5.97. The molecule has 0 radical (unpaired) electrons. The van der Waals surface area contributed by atoms with E-state index in [1.165, 1.54) is 15.6 Å². The zero-order valence-corrected chi connectivity index (χ0v) is 16.1. The third-order valence-corrected chi connectivity index (χ3v) is 7.02. The molecule has 0 N–H and O–H groups in total. The summed E-state index contributed by atoms with van der Waals surface area (Å²) in [5.41, 5.74) is 2.95. The quantitative estimate of drug-likeness (QED) is 0.673. The van der Waals surface area contributed by atoms with Crippen LogP contribution in [0.2, 0.25) is 0 Å². The number of sulfonamides is 1. The van der Waals surface area contributed by atoms with Crippen LogP contribution < -0.4 is 0 Å². The van der Waals surface area contributed by atoms with E-state index in [0.717, 1.165) is 26.7 Å². The normalized spacial score (nSPS) is 11.8. The van der Waals surface area contributed by atoms with Crippen LogP contribution in [0.15, 0.2) is 59.5 Å². The minimum Gasteiger partial charge on any atom is -0.241 e. The largest absolute Gasteiger partial charge is 0.243 e. The van der Waals surface area contributed by atoms with E-state index in [1.807, 2.05) is 56.3 Å². The van der Waals surface area contributed by atoms with Crippen molar-refractivity contribution < 1.29 is 8.42 Å². The number of aromatic nitrogens is 1. The molecule has 2 aromatic carbocycles. The SMILES string of the molecule is Cc1ccc(S(=O)(=O)N(C)Cc2sc(-c3ccccc3)nc2C)cc1. The molecule has 3 aromatic rings. The lowest BCUT2D eigenvalue weighted by Gasteiger charge is -2.16. The molecule has 0 unspecified atom stereocenters. The molecule has 0 saturated carbocycles. The van der Waals surface area contributed by atoms with Gasteiger partial charge >= 0.3 is 0 Å². The van der Waals surface area contributed by atoms with Crippen LogP contribution in [0.4, 0.5) is 0 Å². The van der Waals surface area contributed by atoms with Gasteiger partial charge in [-0.05, 0) is 26.0 Å². The summed E-state index contributed by atoms with van der Waals surface area (Å²) in [6, 6.07) is 16.8. The molecule has 0 saturated heterocycles. The molecule has 0 aliphatic rings. The van der Waals surface area contributed by atoms with Crippen molar-refractivity contribution in [2.24, 2.45) is 0 Å². The lowest BCUT2D eigenvalue weighted by Crippen LogP contribution is -2.26. The molecular weight excluding hydrogens is 352 g/mol. The maximum atomic E-state index is 12.7. The molecule has 0 fully saturated rings. The number of benzene rings is 2. The van der Waals surface area contributed by atoms with Gasteiger partial charge in [0.2, 0.25) is 10.0 Å². The van der Waals surface area contributed by atoms with Gasteiger partial charge in [-0.1, -0.05) is 48.0 Å². The Morgan fingerprint density at radius 3 is 2.28 bits per heavy atom. The molecule has 1 aromatic heterocycles. The van der Waals surface area contributed by atoms with E-state index < -0.39 is 10.0 Å². The van der Waals surface area contributed by atoms with Crippen molar-refractivity contribution in [1.29, 1.82) is 0 Å². The average Bonchev–Trinajstić information content (AvgIpc) is 2.97. The fraction of sp³-hybridized carbons (Fsp3) is 0.211. The highest BCUT2D eigenvalue weighted by Crippen LogP contribution is 2.29. The van der Waals surface area contributed by atoms with Crippen molar-refractivity contribution in [2.45, 2.75) is 25.3 Å². The first kappa shape index (κ1) is 17.8. The van der Waals surface area contributed by atoms with E-state index in [-0.39, 0.29) is 0 Å². The summed E-state index contributed by atoms with van der Waals surface area (Å²) in [5.74, 6) is 0. The molecular formula is C19H20N2O2S2. The van der Waals surface area contributed by atoms with E-state index >= 15 is 0 Å². The summed E-state index contributed by atoms with van der Waals surface area (Å²) in [7, 11) is -1.91. The van der Waals surface area contributed by atoms with E-state index in [9.17, 15) is 8.42 Å². The second kappa shape index (κ2) is 7.07. The summed E-state index contributed by atoms with van der Waals surface area (Å²) in [6.45, 7) is 4.17. The summed E-state index contributed by atoms with van der Waals surface area (Å²) >= 11 is 1.54. The Hall–Kier alpha value is -2.02. The number of hydrogen-bond donors (Lipinski definition) is 0. The van der Waals surface area contributed by atoms with Gasteiger partial charge in [-0.3, -0.25) is 0 Å². The van der Waals surface area contributed by atoms with Crippen molar-refractivity contribution in [2.75, 3.05) is 7.05 Å². The molecule has 1 heterocycles. The lowest BCUT2D eigenvalue weighted by atomic mass is 10.2. The number of hydrogen-bond acceptors (Lipinski definition) is 4.